The first-order valence-corrected chi connectivity index (χ1v) is 8.48. The van der Waals surface area contributed by atoms with Gasteiger partial charge in [-0.1, -0.05) is 36.4 Å². The molecule has 6 heteroatoms. The fraction of sp³-hybridized carbons (Fsp3) is 0.300. The van der Waals surface area contributed by atoms with E-state index < -0.39 is 6.43 Å². The van der Waals surface area contributed by atoms with Crippen molar-refractivity contribution in [3.63, 3.8) is 0 Å². The van der Waals surface area contributed by atoms with Crippen molar-refractivity contribution in [2.24, 2.45) is 0 Å². The zero-order valence-electron chi connectivity index (χ0n) is 14.2. The Morgan fingerprint density at radius 1 is 1.00 bits per heavy atom. The van der Waals surface area contributed by atoms with Crippen LogP contribution in [0.1, 0.15) is 15.9 Å². The van der Waals surface area contributed by atoms with Gasteiger partial charge >= 0.3 is 0 Å². The van der Waals surface area contributed by atoms with E-state index in [1.807, 2.05) is 24.3 Å². The molecule has 1 heterocycles. The number of nitrogens with zero attached hydrogens (tertiary/aromatic N) is 3. The van der Waals surface area contributed by atoms with Crippen molar-refractivity contribution >= 4 is 5.91 Å². The van der Waals surface area contributed by atoms with Crippen LogP contribution in [0.15, 0.2) is 48.5 Å². The minimum Gasteiger partial charge on any atom is -0.336 e. The lowest BCUT2D eigenvalue weighted by molar-refractivity contribution is 0.0459. The zero-order chi connectivity index (χ0) is 18.5. The number of piperazine rings is 1. The zero-order valence-corrected chi connectivity index (χ0v) is 14.2. The number of carbonyl (C=O) groups excluding carboxylic acids is 1. The SMILES string of the molecule is N#Cc1ccccc1-c1ccccc1C(=O)N1CCN(CC(F)F)CC1. The second-order valence-corrected chi connectivity index (χ2v) is 6.19. The van der Waals surface area contributed by atoms with Gasteiger partial charge in [0.05, 0.1) is 18.2 Å². The second-order valence-electron chi connectivity index (χ2n) is 6.19. The van der Waals surface area contributed by atoms with Gasteiger partial charge in [0.25, 0.3) is 12.3 Å². The monoisotopic (exact) mass is 355 g/mol. The van der Waals surface area contributed by atoms with Crippen molar-refractivity contribution in [2.75, 3.05) is 32.7 Å². The second kappa shape index (κ2) is 8.07. The Morgan fingerprint density at radius 3 is 2.27 bits per heavy atom. The summed E-state index contributed by atoms with van der Waals surface area (Å²) < 4.78 is 25.0. The number of hydrogen-bond donors (Lipinski definition) is 0. The van der Waals surface area contributed by atoms with E-state index >= 15 is 0 Å². The van der Waals surface area contributed by atoms with Gasteiger partial charge in [-0.05, 0) is 17.7 Å². The third-order valence-corrected chi connectivity index (χ3v) is 4.55. The van der Waals surface area contributed by atoms with Crippen molar-refractivity contribution in [2.45, 2.75) is 6.43 Å². The molecule has 1 aliphatic heterocycles. The Bertz CT molecular complexity index is 824. The summed E-state index contributed by atoms with van der Waals surface area (Å²) in [6.45, 7) is 1.45. The number of alkyl halides is 2. The van der Waals surface area contributed by atoms with E-state index in [9.17, 15) is 18.8 Å². The normalized spacial score (nSPS) is 15.1. The largest absolute Gasteiger partial charge is 0.336 e. The van der Waals surface area contributed by atoms with Gasteiger partial charge in [0.15, 0.2) is 0 Å². The molecule has 0 radical (unpaired) electrons. The van der Waals surface area contributed by atoms with Crippen LogP contribution >= 0.6 is 0 Å². The van der Waals surface area contributed by atoms with Crippen LogP contribution in [0.3, 0.4) is 0 Å². The quantitative estimate of drug-likeness (QED) is 0.846. The van der Waals surface area contributed by atoms with E-state index in [1.54, 1.807) is 34.1 Å². The van der Waals surface area contributed by atoms with E-state index in [1.165, 1.54) is 0 Å². The molecular formula is C20H19F2N3O. The molecule has 3 rings (SSSR count). The van der Waals surface area contributed by atoms with E-state index in [-0.39, 0.29) is 12.5 Å². The van der Waals surface area contributed by atoms with Gasteiger partial charge in [-0.3, -0.25) is 9.69 Å². The number of halogens is 2. The maximum atomic E-state index is 13.0. The van der Waals surface area contributed by atoms with E-state index in [0.29, 0.717) is 42.9 Å². The highest BCUT2D eigenvalue weighted by Crippen LogP contribution is 2.28. The minimum atomic E-state index is -2.36. The molecule has 2 aromatic rings. The van der Waals surface area contributed by atoms with Gasteiger partial charge in [-0.2, -0.15) is 5.26 Å². The van der Waals surface area contributed by atoms with Crippen LogP contribution in [0, 0.1) is 11.3 Å². The third-order valence-electron chi connectivity index (χ3n) is 4.55. The van der Waals surface area contributed by atoms with Crippen molar-refractivity contribution < 1.29 is 13.6 Å². The molecule has 0 saturated carbocycles. The number of hydrogen-bond acceptors (Lipinski definition) is 3. The van der Waals surface area contributed by atoms with Gasteiger partial charge in [-0.25, -0.2) is 8.78 Å². The van der Waals surface area contributed by atoms with Crippen molar-refractivity contribution in [3.05, 3.63) is 59.7 Å². The lowest BCUT2D eigenvalue weighted by Gasteiger charge is -2.34. The summed E-state index contributed by atoms with van der Waals surface area (Å²) in [6.07, 6.45) is -2.36. The maximum absolute atomic E-state index is 13.0. The number of nitriles is 1. The van der Waals surface area contributed by atoms with Crippen LogP contribution in [0.25, 0.3) is 11.1 Å². The Kier molecular flexibility index (Phi) is 5.59. The first-order chi connectivity index (χ1) is 12.6. The van der Waals surface area contributed by atoms with Crippen molar-refractivity contribution in [1.82, 2.24) is 9.80 Å². The van der Waals surface area contributed by atoms with Crippen LogP contribution in [0.4, 0.5) is 8.78 Å². The molecule has 1 amide bonds. The third kappa shape index (κ3) is 3.89. The van der Waals surface area contributed by atoms with E-state index in [2.05, 4.69) is 6.07 Å². The Morgan fingerprint density at radius 2 is 1.62 bits per heavy atom. The molecular weight excluding hydrogens is 336 g/mol. The first kappa shape index (κ1) is 18.0. The number of carbonyl (C=O) groups is 1. The molecule has 134 valence electrons. The molecule has 0 atom stereocenters. The highest BCUT2D eigenvalue weighted by molar-refractivity contribution is 6.01. The molecule has 0 aliphatic carbocycles. The molecule has 26 heavy (non-hydrogen) atoms. The lowest BCUT2D eigenvalue weighted by atomic mass is 9.95. The van der Waals surface area contributed by atoms with Crippen LogP contribution in [0.2, 0.25) is 0 Å². The lowest BCUT2D eigenvalue weighted by Crippen LogP contribution is -2.49. The first-order valence-electron chi connectivity index (χ1n) is 8.48. The highest BCUT2D eigenvalue weighted by atomic mass is 19.3. The van der Waals surface area contributed by atoms with Gasteiger partial charge in [0, 0.05) is 37.3 Å². The summed E-state index contributed by atoms with van der Waals surface area (Å²) in [4.78, 5) is 16.4. The summed E-state index contributed by atoms with van der Waals surface area (Å²) in [5.41, 5.74) is 2.46. The molecule has 1 saturated heterocycles. The summed E-state index contributed by atoms with van der Waals surface area (Å²) in [5, 5.41) is 9.35. The van der Waals surface area contributed by atoms with Crippen molar-refractivity contribution in [1.29, 1.82) is 5.26 Å². The highest BCUT2D eigenvalue weighted by Gasteiger charge is 2.25. The van der Waals surface area contributed by atoms with Crippen molar-refractivity contribution in [3.8, 4) is 17.2 Å². The summed E-state index contributed by atoms with van der Waals surface area (Å²) >= 11 is 0. The molecule has 2 aromatic carbocycles. The average Bonchev–Trinajstić information content (AvgIpc) is 2.67. The Labute approximate surface area is 151 Å². The molecule has 1 fully saturated rings. The molecule has 0 aromatic heterocycles. The van der Waals surface area contributed by atoms with E-state index in [4.69, 9.17) is 0 Å². The smallest absolute Gasteiger partial charge is 0.254 e. The van der Waals surface area contributed by atoms with Gasteiger partial charge in [-0.15, -0.1) is 0 Å². The number of benzene rings is 2. The van der Waals surface area contributed by atoms with Crippen LogP contribution in [-0.2, 0) is 0 Å². The molecule has 0 bridgehead atoms. The van der Waals surface area contributed by atoms with E-state index in [0.717, 1.165) is 5.56 Å². The standard InChI is InChI=1S/C20H19F2N3O/c21-19(22)14-24-9-11-25(12-10-24)20(26)18-8-4-3-7-17(18)16-6-2-1-5-15(16)13-23/h1-8,19H,9-12,14H2. The average molecular weight is 355 g/mol. The Hall–Kier alpha value is -2.78. The van der Waals surface area contributed by atoms with Crippen LogP contribution in [-0.4, -0.2) is 54.9 Å². The fourth-order valence-corrected chi connectivity index (χ4v) is 3.22. The number of amides is 1. The predicted molar refractivity (Wildman–Crippen MR) is 94.9 cm³/mol. The number of rotatable bonds is 4. The summed E-state index contributed by atoms with van der Waals surface area (Å²) in [5.74, 6) is -0.134. The topological polar surface area (TPSA) is 47.3 Å². The molecule has 4 nitrogen and oxygen atoms in total. The van der Waals surface area contributed by atoms with Crippen LogP contribution < -0.4 is 0 Å². The van der Waals surface area contributed by atoms with Gasteiger partial charge < -0.3 is 4.90 Å². The maximum Gasteiger partial charge on any atom is 0.254 e. The van der Waals surface area contributed by atoms with Gasteiger partial charge in [0.2, 0.25) is 0 Å². The minimum absolute atomic E-state index is 0.134. The predicted octanol–water partition coefficient (Wildman–Crippen LogP) is 3.25. The van der Waals surface area contributed by atoms with Gasteiger partial charge in [0.1, 0.15) is 0 Å². The Balaban J connectivity index is 1.83. The molecule has 0 unspecified atom stereocenters. The molecule has 0 spiro atoms. The molecule has 1 aliphatic rings. The fourth-order valence-electron chi connectivity index (χ4n) is 3.22. The summed E-state index contributed by atoms with van der Waals surface area (Å²) in [7, 11) is 0. The molecule has 0 N–H and O–H groups in total. The van der Waals surface area contributed by atoms with Crippen LogP contribution in [0.5, 0.6) is 0 Å². The summed E-state index contributed by atoms with van der Waals surface area (Å²) in [6, 6.07) is 16.5.